The highest BCUT2D eigenvalue weighted by Crippen LogP contribution is 2.43. The maximum Gasteiger partial charge on any atom is 0.193 e. The lowest BCUT2D eigenvalue weighted by molar-refractivity contribution is 0.254. The second-order valence-corrected chi connectivity index (χ2v) is 6.05. The van der Waals surface area contributed by atoms with Gasteiger partial charge in [0.1, 0.15) is 5.75 Å². The Morgan fingerprint density at radius 1 is 1.12 bits per heavy atom. The molecule has 0 heterocycles. The molecule has 24 heavy (non-hydrogen) atoms. The molecule has 1 aliphatic carbocycles. The third-order valence-corrected chi connectivity index (χ3v) is 4.61. The fourth-order valence-electron chi connectivity index (χ4n) is 3.03. The number of nitrogens with one attached hydrogen (secondary N) is 1. The van der Waals surface area contributed by atoms with Crippen molar-refractivity contribution in [3.8, 4) is 5.75 Å². The molecule has 1 saturated carbocycles. The van der Waals surface area contributed by atoms with Crippen molar-refractivity contribution in [2.24, 2.45) is 10.7 Å². The number of benzene rings is 2. The van der Waals surface area contributed by atoms with Crippen molar-refractivity contribution in [2.45, 2.75) is 24.7 Å². The molecule has 0 bridgehead atoms. The quantitative estimate of drug-likeness (QED) is 0.420. The molecule has 5 heteroatoms. The van der Waals surface area contributed by atoms with Gasteiger partial charge in [-0.15, -0.1) is 24.0 Å². The highest BCUT2D eigenvalue weighted by atomic mass is 127. The first-order valence-corrected chi connectivity index (χ1v) is 7.98. The summed E-state index contributed by atoms with van der Waals surface area (Å²) < 4.78 is 5.15. The van der Waals surface area contributed by atoms with Crippen LogP contribution >= 0.6 is 24.0 Å². The Hall–Kier alpha value is -1.76. The molecule has 3 rings (SSSR count). The Morgan fingerprint density at radius 2 is 1.79 bits per heavy atom. The van der Waals surface area contributed by atoms with Crippen LogP contribution in [0.2, 0.25) is 0 Å². The number of hydrogen-bond acceptors (Lipinski definition) is 2. The van der Waals surface area contributed by atoms with Crippen molar-refractivity contribution in [3.05, 3.63) is 60.2 Å². The molecule has 0 unspecified atom stereocenters. The number of rotatable bonds is 5. The monoisotopic (exact) mass is 437 g/mol. The number of halogens is 1. The van der Waals surface area contributed by atoms with Crippen LogP contribution in [-0.4, -0.2) is 19.6 Å². The largest absolute Gasteiger partial charge is 0.497 e. The van der Waals surface area contributed by atoms with Crippen LogP contribution < -0.4 is 15.8 Å². The minimum absolute atomic E-state index is 0. The Morgan fingerprint density at radius 3 is 2.33 bits per heavy atom. The normalized spacial score (nSPS) is 15.8. The minimum atomic E-state index is 0. The Labute approximate surface area is 160 Å². The van der Waals surface area contributed by atoms with E-state index in [1.165, 1.54) is 24.8 Å². The van der Waals surface area contributed by atoms with Crippen LogP contribution in [0.1, 0.15) is 24.8 Å². The third kappa shape index (κ3) is 4.20. The number of nitrogens with two attached hydrogens (primary N) is 1. The molecule has 0 spiro atoms. The summed E-state index contributed by atoms with van der Waals surface area (Å²) in [6.07, 6.45) is 3.61. The minimum Gasteiger partial charge on any atom is -0.497 e. The molecule has 1 fully saturated rings. The van der Waals surface area contributed by atoms with Crippen LogP contribution in [0.15, 0.2) is 59.6 Å². The van der Waals surface area contributed by atoms with Crippen LogP contribution in [0.5, 0.6) is 5.75 Å². The molecular weight excluding hydrogens is 413 g/mol. The van der Waals surface area contributed by atoms with Gasteiger partial charge in [0, 0.05) is 11.1 Å². The van der Waals surface area contributed by atoms with Gasteiger partial charge in [-0.2, -0.15) is 0 Å². The zero-order chi connectivity index (χ0) is 16.1. The zero-order valence-electron chi connectivity index (χ0n) is 13.9. The highest BCUT2D eigenvalue weighted by Gasteiger charge is 2.38. The van der Waals surface area contributed by atoms with Gasteiger partial charge in [0.05, 0.1) is 13.7 Å². The van der Waals surface area contributed by atoms with Crippen molar-refractivity contribution < 1.29 is 4.74 Å². The Kier molecular flexibility index (Phi) is 6.48. The van der Waals surface area contributed by atoms with E-state index in [0.717, 1.165) is 18.0 Å². The maximum absolute atomic E-state index is 6.05. The van der Waals surface area contributed by atoms with E-state index in [2.05, 4.69) is 40.6 Å². The number of hydrogen-bond donors (Lipinski definition) is 2. The Balaban J connectivity index is 0.00000208. The topological polar surface area (TPSA) is 59.6 Å². The van der Waals surface area contributed by atoms with E-state index in [1.54, 1.807) is 7.11 Å². The average Bonchev–Trinajstić information content (AvgIpc) is 2.55. The standard InChI is InChI=1S/C19H23N3O.HI/c1-23-17-10-8-16(9-11-17)22-18(20)21-14-19(12-5-13-19)15-6-3-2-4-7-15;/h2-4,6-11H,5,12-14H2,1H3,(H3,20,21,22);1H. The second-order valence-electron chi connectivity index (χ2n) is 6.05. The summed E-state index contributed by atoms with van der Waals surface area (Å²) in [4.78, 5) is 4.58. The number of aliphatic imine (C=N–C) groups is 1. The number of anilines is 1. The smallest absolute Gasteiger partial charge is 0.193 e. The van der Waals surface area contributed by atoms with Gasteiger partial charge in [0.2, 0.25) is 0 Å². The van der Waals surface area contributed by atoms with Gasteiger partial charge in [0.25, 0.3) is 0 Å². The van der Waals surface area contributed by atoms with Gasteiger partial charge >= 0.3 is 0 Å². The van der Waals surface area contributed by atoms with Crippen molar-refractivity contribution >= 4 is 35.6 Å². The van der Waals surface area contributed by atoms with E-state index in [4.69, 9.17) is 10.5 Å². The molecule has 0 amide bonds. The lowest BCUT2D eigenvalue weighted by atomic mass is 9.64. The third-order valence-electron chi connectivity index (χ3n) is 4.61. The first kappa shape index (κ1) is 18.6. The van der Waals surface area contributed by atoms with Gasteiger partial charge in [-0.25, -0.2) is 0 Å². The van der Waals surface area contributed by atoms with Gasteiger partial charge < -0.3 is 15.8 Å². The van der Waals surface area contributed by atoms with E-state index < -0.39 is 0 Å². The molecule has 128 valence electrons. The fourth-order valence-corrected chi connectivity index (χ4v) is 3.03. The maximum atomic E-state index is 6.05. The molecular formula is C19H24IN3O. The Bertz CT molecular complexity index is 667. The van der Waals surface area contributed by atoms with Crippen LogP contribution in [0, 0.1) is 0 Å². The fraction of sp³-hybridized carbons (Fsp3) is 0.316. The number of methoxy groups -OCH3 is 1. The van der Waals surface area contributed by atoms with Crippen LogP contribution in [0.4, 0.5) is 5.69 Å². The summed E-state index contributed by atoms with van der Waals surface area (Å²) in [5.41, 5.74) is 8.49. The van der Waals surface area contributed by atoms with E-state index in [9.17, 15) is 0 Å². The first-order chi connectivity index (χ1) is 11.2. The lowest BCUT2D eigenvalue weighted by Crippen LogP contribution is -2.38. The summed E-state index contributed by atoms with van der Waals surface area (Å²) in [6, 6.07) is 18.3. The number of ether oxygens (including phenoxy) is 1. The molecule has 2 aromatic carbocycles. The van der Waals surface area contributed by atoms with Gasteiger partial charge in [-0.05, 0) is 42.7 Å². The summed E-state index contributed by atoms with van der Waals surface area (Å²) in [5.74, 6) is 1.28. The summed E-state index contributed by atoms with van der Waals surface area (Å²) in [6.45, 7) is 0.728. The van der Waals surface area contributed by atoms with E-state index in [0.29, 0.717) is 5.96 Å². The predicted molar refractivity (Wildman–Crippen MR) is 110 cm³/mol. The molecule has 1 aliphatic rings. The van der Waals surface area contributed by atoms with Crippen molar-refractivity contribution in [1.82, 2.24) is 0 Å². The number of guanidine groups is 1. The zero-order valence-corrected chi connectivity index (χ0v) is 16.2. The molecule has 0 radical (unpaired) electrons. The van der Waals surface area contributed by atoms with Crippen molar-refractivity contribution in [1.29, 1.82) is 0 Å². The van der Waals surface area contributed by atoms with Crippen LogP contribution in [-0.2, 0) is 5.41 Å². The molecule has 2 aromatic rings. The molecule has 0 saturated heterocycles. The average molecular weight is 437 g/mol. The van der Waals surface area contributed by atoms with E-state index >= 15 is 0 Å². The van der Waals surface area contributed by atoms with Crippen LogP contribution in [0.3, 0.4) is 0 Å². The molecule has 0 atom stereocenters. The second kappa shape index (κ2) is 8.37. The molecule has 4 nitrogen and oxygen atoms in total. The van der Waals surface area contributed by atoms with Crippen molar-refractivity contribution in [2.75, 3.05) is 19.0 Å². The number of nitrogens with zero attached hydrogens (tertiary/aromatic N) is 1. The highest BCUT2D eigenvalue weighted by molar-refractivity contribution is 14.0. The predicted octanol–water partition coefficient (Wildman–Crippen LogP) is 4.16. The van der Waals surface area contributed by atoms with E-state index in [-0.39, 0.29) is 29.4 Å². The lowest BCUT2D eigenvalue weighted by Gasteiger charge is -2.41. The molecule has 0 aromatic heterocycles. The summed E-state index contributed by atoms with van der Waals surface area (Å²) >= 11 is 0. The SMILES string of the molecule is COc1ccc(NC(N)=NCC2(c3ccccc3)CCC2)cc1.I. The first-order valence-electron chi connectivity index (χ1n) is 7.98. The van der Waals surface area contributed by atoms with E-state index in [1.807, 2.05) is 24.3 Å². The molecule has 0 aliphatic heterocycles. The summed E-state index contributed by atoms with van der Waals surface area (Å²) in [7, 11) is 1.65. The van der Waals surface area contributed by atoms with Gasteiger partial charge in [0.15, 0.2) is 5.96 Å². The van der Waals surface area contributed by atoms with Crippen molar-refractivity contribution in [3.63, 3.8) is 0 Å². The summed E-state index contributed by atoms with van der Waals surface area (Å²) in [5, 5.41) is 3.14. The van der Waals surface area contributed by atoms with Gasteiger partial charge in [-0.3, -0.25) is 4.99 Å². The molecule has 3 N–H and O–H groups in total. The van der Waals surface area contributed by atoms with Crippen LogP contribution in [0.25, 0.3) is 0 Å². The van der Waals surface area contributed by atoms with Gasteiger partial charge in [-0.1, -0.05) is 36.8 Å².